The summed E-state index contributed by atoms with van der Waals surface area (Å²) < 4.78 is 59.3. The molecule has 0 bridgehead atoms. The summed E-state index contributed by atoms with van der Waals surface area (Å²) in [5, 5.41) is 0.711. The standard InChI is InChI=1S/C11H8ClF3N2O3S/c12-10-4-1-7-5-8(2-3-9(7)16-10)21(18,19)17-20-6-11(13,14)15/h1-5,17H,6H2. The van der Waals surface area contributed by atoms with Crippen molar-refractivity contribution in [2.75, 3.05) is 6.61 Å². The molecule has 2 rings (SSSR count). The largest absolute Gasteiger partial charge is 0.413 e. The first-order valence-corrected chi connectivity index (χ1v) is 7.30. The molecule has 0 spiro atoms. The lowest BCUT2D eigenvalue weighted by Crippen LogP contribution is -2.29. The fraction of sp³-hybridized carbons (Fsp3) is 0.182. The van der Waals surface area contributed by atoms with Crippen molar-refractivity contribution in [3.63, 3.8) is 0 Å². The van der Waals surface area contributed by atoms with Gasteiger partial charge in [-0.05, 0) is 30.3 Å². The number of pyridine rings is 1. The summed E-state index contributed by atoms with van der Waals surface area (Å²) in [6, 6.07) is 6.83. The lowest BCUT2D eigenvalue weighted by molar-refractivity contribution is -0.181. The number of benzene rings is 1. The van der Waals surface area contributed by atoms with Crippen molar-refractivity contribution >= 4 is 32.5 Å². The number of halogens is 4. The predicted octanol–water partition coefficient (Wildman–Crippen LogP) is 2.66. The molecule has 0 saturated carbocycles. The van der Waals surface area contributed by atoms with Crippen LogP contribution in [0.1, 0.15) is 0 Å². The van der Waals surface area contributed by atoms with Crippen molar-refractivity contribution in [3.8, 4) is 0 Å². The molecule has 0 aliphatic carbocycles. The minimum atomic E-state index is -4.63. The molecular weight excluding hydrogens is 333 g/mol. The molecule has 1 aromatic heterocycles. The molecule has 1 aromatic carbocycles. The van der Waals surface area contributed by atoms with Gasteiger partial charge in [-0.25, -0.2) is 13.4 Å². The summed E-state index contributed by atoms with van der Waals surface area (Å²) in [5.74, 6) is 0. The van der Waals surface area contributed by atoms with E-state index >= 15 is 0 Å². The number of alkyl halides is 3. The second-order valence-corrected chi connectivity index (χ2v) is 6.01. The molecule has 0 amide bonds. The van der Waals surface area contributed by atoms with E-state index in [0.717, 1.165) is 0 Å². The topological polar surface area (TPSA) is 68.3 Å². The van der Waals surface area contributed by atoms with E-state index in [2.05, 4.69) is 9.82 Å². The molecule has 0 aliphatic heterocycles. The van der Waals surface area contributed by atoms with E-state index in [1.165, 1.54) is 29.2 Å². The Morgan fingerprint density at radius 3 is 2.62 bits per heavy atom. The van der Waals surface area contributed by atoms with Gasteiger partial charge in [-0.2, -0.15) is 13.2 Å². The number of rotatable bonds is 4. The lowest BCUT2D eigenvalue weighted by Gasteiger charge is -2.09. The summed E-state index contributed by atoms with van der Waals surface area (Å²) in [6.45, 7) is -1.73. The number of sulfonamides is 1. The van der Waals surface area contributed by atoms with Crippen LogP contribution in [0.2, 0.25) is 5.15 Å². The molecule has 0 aliphatic rings. The van der Waals surface area contributed by atoms with Gasteiger partial charge in [0.1, 0.15) is 5.15 Å². The molecule has 0 unspecified atom stereocenters. The number of hydrogen-bond donors (Lipinski definition) is 1. The molecule has 10 heteroatoms. The molecule has 0 fully saturated rings. The third-order valence-electron chi connectivity index (χ3n) is 2.34. The molecule has 21 heavy (non-hydrogen) atoms. The van der Waals surface area contributed by atoms with E-state index in [9.17, 15) is 21.6 Å². The smallest absolute Gasteiger partial charge is 0.277 e. The number of aromatic nitrogens is 1. The van der Waals surface area contributed by atoms with E-state index in [1.54, 1.807) is 6.07 Å². The second kappa shape index (κ2) is 5.76. The fourth-order valence-electron chi connectivity index (χ4n) is 1.48. The van der Waals surface area contributed by atoms with Crippen LogP contribution in [0, 0.1) is 0 Å². The van der Waals surface area contributed by atoms with Crippen molar-refractivity contribution in [2.45, 2.75) is 11.1 Å². The Morgan fingerprint density at radius 1 is 1.24 bits per heavy atom. The highest BCUT2D eigenvalue weighted by Gasteiger charge is 2.29. The van der Waals surface area contributed by atoms with Gasteiger partial charge in [0.25, 0.3) is 10.0 Å². The van der Waals surface area contributed by atoms with Crippen LogP contribution in [0.4, 0.5) is 13.2 Å². The molecule has 0 saturated heterocycles. The maximum absolute atomic E-state index is 11.9. The fourth-order valence-corrected chi connectivity index (χ4v) is 2.48. The average molecular weight is 341 g/mol. The maximum Gasteiger partial charge on any atom is 0.413 e. The molecule has 1 heterocycles. The van der Waals surface area contributed by atoms with Crippen molar-refractivity contribution in [1.29, 1.82) is 0 Å². The third-order valence-corrected chi connectivity index (χ3v) is 3.76. The summed E-state index contributed by atoms with van der Waals surface area (Å²) in [4.78, 5) is 9.08. The highest BCUT2D eigenvalue weighted by atomic mass is 35.5. The van der Waals surface area contributed by atoms with Gasteiger partial charge in [-0.3, -0.25) is 4.84 Å². The van der Waals surface area contributed by atoms with Gasteiger partial charge in [-0.1, -0.05) is 16.5 Å². The molecule has 114 valence electrons. The number of hydrogen-bond acceptors (Lipinski definition) is 4. The summed E-state index contributed by atoms with van der Waals surface area (Å²) in [6.07, 6.45) is -4.63. The number of nitrogens with zero attached hydrogens (tertiary/aromatic N) is 1. The van der Waals surface area contributed by atoms with E-state index < -0.39 is 22.8 Å². The third kappa shape index (κ3) is 4.27. The van der Waals surface area contributed by atoms with Crippen LogP contribution < -0.4 is 4.89 Å². The zero-order valence-electron chi connectivity index (χ0n) is 10.2. The molecule has 0 atom stereocenters. The van der Waals surface area contributed by atoms with Crippen LogP contribution in [-0.4, -0.2) is 26.2 Å². The second-order valence-electron chi connectivity index (χ2n) is 3.98. The Labute approximate surface area is 122 Å². The molecular formula is C11H8ClF3N2O3S. The minimum absolute atomic E-state index is 0.241. The van der Waals surface area contributed by atoms with Gasteiger partial charge >= 0.3 is 6.18 Å². The molecule has 5 nitrogen and oxygen atoms in total. The van der Waals surface area contributed by atoms with E-state index in [4.69, 9.17) is 11.6 Å². The Kier molecular flexibility index (Phi) is 4.38. The Morgan fingerprint density at radius 2 is 1.95 bits per heavy atom. The van der Waals surface area contributed by atoms with Gasteiger partial charge in [0.05, 0.1) is 10.4 Å². The quantitative estimate of drug-likeness (QED) is 0.686. The van der Waals surface area contributed by atoms with Crippen molar-refractivity contribution in [2.24, 2.45) is 0 Å². The zero-order valence-corrected chi connectivity index (χ0v) is 11.8. The van der Waals surface area contributed by atoms with Crippen molar-refractivity contribution < 1.29 is 26.4 Å². The van der Waals surface area contributed by atoms with Gasteiger partial charge in [0.15, 0.2) is 6.61 Å². The first kappa shape index (κ1) is 16.0. The van der Waals surface area contributed by atoms with E-state index in [-0.39, 0.29) is 10.0 Å². The normalized spacial score (nSPS) is 12.8. The van der Waals surface area contributed by atoms with Gasteiger partial charge in [0.2, 0.25) is 0 Å². The highest BCUT2D eigenvalue weighted by molar-refractivity contribution is 7.89. The molecule has 1 N–H and O–H groups in total. The lowest BCUT2D eigenvalue weighted by atomic mass is 10.2. The van der Waals surface area contributed by atoms with Gasteiger partial charge in [0, 0.05) is 5.39 Å². The van der Waals surface area contributed by atoms with Crippen LogP contribution in [0.3, 0.4) is 0 Å². The SMILES string of the molecule is O=S(=O)(NOCC(F)(F)F)c1ccc2nc(Cl)ccc2c1. The van der Waals surface area contributed by atoms with Gasteiger partial charge < -0.3 is 0 Å². The Balaban J connectivity index is 2.22. The summed E-state index contributed by atoms with van der Waals surface area (Å²) in [7, 11) is -4.22. The van der Waals surface area contributed by atoms with Crippen molar-refractivity contribution in [3.05, 3.63) is 35.5 Å². The van der Waals surface area contributed by atoms with Gasteiger partial charge in [-0.15, -0.1) is 0 Å². The zero-order chi connectivity index (χ0) is 15.7. The van der Waals surface area contributed by atoms with E-state index in [1.807, 2.05) is 0 Å². The van der Waals surface area contributed by atoms with Crippen LogP contribution in [-0.2, 0) is 14.9 Å². The highest BCUT2D eigenvalue weighted by Crippen LogP contribution is 2.20. The summed E-state index contributed by atoms with van der Waals surface area (Å²) in [5.41, 5.74) is 0.456. The molecule has 0 radical (unpaired) electrons. The number of fused-ring (bicyclic) bond motifs is 1. The van der Waals surface area contributed by atoms with Crippen molar-refractivity contribution in [1.82, 2.24) is 9.87 Å². The monoisotopic (exact) mass is 340 g/mol. The minimum Gasteiger partial charge on any atom is -0.277 e. The van der Waals surface area contributed by atoms with Crippen LogP contribution in [0.15, 0.2) is 35.2 Å². The Bertz CT molecular complexity index is 765. The van der Waals surface area contributed by atoms with Crippen LogP contribution >= 0.6 is 11.6 Å². The van der Waals surface area contributed by atoms with Crippen LogP contribution in [0.25, 0.3) is 10.9 Å². The Hall–Kier alpha value is -1.42. The predicted molar refractivity (Wildman–Crippen MR) is 69.1 cm³/mol. The first-order valence-electron chi connectivity index (χ1n) is 5.44. The molecule has 2 aromatic rings. The van der Waals surface area contributed by atoms with Crippen LogP contribution in [0.5, 0.6) is 0 Å². The maximum atomic E-state index is 11.9. The summed E-state index contributed by atoms with van der Waals surface area (Å²) >= 11 is 5.69. The number of nitrogens with one attached hydrogen (secondary N) is 1. The first-order chi connectivity index (χ1) is 9.67. The average Bonchev–Trinajstić information content (AvgIpc) is 2.36. The van der Waals surface area contributed by atoms with E-state index in [0.29, 0.717) is 10.9 Å².